The largest absolute Gasteiger partial charge is 0.333 e. The van der Waals surface area contributed by atoms with Crippen LogP contribution in [0, 0.1) is 0 Å². The Hall–Kier alpha value is -4.93. The summed E-state index contributed by atoms with van der Waals surface area (Å²) in [6, 6.07) is 35.8. The van der Waals surface area contributed by atoms with E-state index in [4.69, 9.17) is 4.99 Å². The monoisotopic (exact) mass is 542 g/mol. The van der Waals surface area contributed by atoms with Crippen molar-refractivity contribution in [3.63, 3.8) is 0 Å². The van der Waals surface area contributed by atoms with Crippen LogP contribution in [0.1, 0.15) is 23.2 Å². The summed E-state index contributed by atoms with van der Waals surface area (Å²) >= 11 is 0. The highest BCUT2D eigenvalue weighted by atomic mass is 15.2. The fourth-order valence-corrected chi connectivity index (χ4v) is 7.38. The van der Waals surface area contributed by atoms with Crippen LogP contribution in [0.2, 0.25) is 0 Å². The minimum Gasteiger partial charge on any atom is -0.333 e. The zero-order valence-corrected chi connectivity index (χ0v) is 23.1. The third-order valence-corrected chi connectivity index (χ3v) is 9.26. The van der Waals surface area contributed by atoms with Gasteiger partial charge in [-0.05, 0) is 59.2 Å². The first-order valence-corrected chi connectivity index (χ1v) is 14.8. The molecule has 5 aromatic rings. The first-order valence-electron chi connectivity index (χ1n) is 14.8. The molecule has 1 N–H and O–H groups in total. The number of para-hydroxylation sites is 3. The van der Waals surface area contributed by atoms with E-state index in [1.54, 1.807) is 0 Å². The average molecular weight is 543 g/mol. The number of nitrogens with zero attached hydrogens (tertiary/aromatic N) is 3. The Labute approximate surface area is 245 Å². The lowest BCUT2D eigenvalue weighted by molar-refractivity contribution is 0.417. The van der Waals surface area contributed by atoms with Gasteiger partial charge in [0.1, 0.15) is 6.17 Å². The highest BCUT2D eigenvalue weighted by Gasteiger charge is 2.38. The zero-order valence-electron chi connectivity index (χ0n) is 23.1. The molecule has 0 saturated carbocycles. The topological polar surface area (TPSA) is 32.6 Å². The summed E-state index contributed by atoms with van der Waals surface area (Å²) < 4.78 is 2.45. The number of allylic oxidation sites excluding steroid dienone is 4. The van der Waals surface area contributed by atoms with Gasteiger partial charge in [-0.1, -0.05) is 97.1 Å². The molecule has 0 radical (unpaired) electrons. The predicted molar refractivity (Wildman–Crippen MR) is 175 cm³/mol. The molecule has 0 fully saturated rings. The second-order valence-corrected chi connectivity index (χ2v) is 11.6. The van der Waals surface area contributed by atoms with Crippen molar-refractivity contribution in [2.45, 2.75) is 24.2 Å². The van der Waals surface area contributed by atoms with Crippen LogP contribution in [0.3, 0.4) is 0 Å². The number of benzene rings is 4. The molecule has 42 heavy (non-hydrogen) atoms. The highest BCUT2D eigenvalue weighted by molar-refractivity contribution is 6.09. The van der Waals surface area contributed by atoms with E-state index in [-0.39, 0.29) is 18.2 Å². The molecule has 9 rings (SSSR count). The van der Waals surface area contributed by atoms with Gasteiger partial charge in [0.15, 0.2) is 0 Å². The minimum absolute atomic E-state index is 0.0941. The number of aliphatic imine (C=N–C) groups is 1. The maximum Gasteiger partial charge on any atom is 0.105 e. The van der Waals surface area contributed by atoms with E-state index in [0.717, 1.165) is 5.71 Å². The lowest BCUT2D eigenvalue weighted by Gasteiger charge is -2.31. The van der Waals surface area contributed by atoms with Gasteiger partial charge in [-0.3, -0.25) is 10.3 Å². The standard InChI is InChI=1S/C38H30N4/c1-2-10-27(11-3-1)41-34-16-8-4-12-28(34)30-22-25(18-20-36(30)41)26-19-21-37-31(23-26)29-13-5-9-17-35(29)42(37)38-24-39-32-14-6-7-15-33(32)40-38/h1-23,30,33,36,38,40H,24H2. The Morgan fingerprint density at radius 3 is 2.52 bits per heavy atom. The van der Waals surface area contributed by atoms with Crippen molar-refractivity contribution >= 4 is 44.5 Å². The normalized spacial score (nSPS) is 24.0. The highest BCUT2D eigenvalue weighted by Crippen LogP contribution is 2.49. The van der Waals surface area contributed by atoms with E-state index in [1.165, 1.54) is 49.9 Å². The van der Waals surface area contributed by atoms with Crippen molar-refractivity contribution in [3.8, 4) is 0 Å². The molecule has 4 atom stereocenters. The van der Waals surface area contributed by atoms with Crippen molar-refractivity contribution < 1.29 is 0 Å². The van der Waals surface area contributed by atoms with E-state index in [2.05, 4.69) is 154 Å². The number of rotatable bonds is 3. The van der Waals surface area contributed by atoms with Crippen molar-refractivity contribution in [2.24, 2.45) is 4.99 Å². The van der Waals surface area contributed by atoms with Crippen LogP contribution < -0.4 is 10.2 Å². The average Bonchev–Trinajstić information content (AvgIpc) is 3.57. The second-order valence-electron chi connectivity index (χ2n) is 11.6. The maximum atomic E-state index is 4.94. The molecule has 0 bridgehead atoms. The van der Waals surface area contributed by atoms with Gasteiger partial charge < -0.3 is 9.47 Å². The number of nitrogens with one attached hydrogen (secondary N) is 1. The fraction of sp³-hybridized carbons (Fsp3) is 0.132. The van der Waals surface area contributed by atoms with Gasteiger partial charge in [-0.25, -0.2) is 0 Å². The van der Waals surface area contributed by atoms with Crippen LogP contribution in [0.25, 0.3) is 27.4 Å². The van der Waals surface area contributed by atoms with Crippen LogP contribution in [-0.2, 0) is 0 Å². The first kappa shape index (κ1) is 23.7. The number of hydrogen-bond donors (Lipinski definition) is 1. The summed E-state index contributed by atoms with van der Waals surface area (Å²) in [7, 11) is 0. The molecule has 4 heteroatoms. The van der Waals surface area contributed by atoms with Crippen LogP contribution in [0.5, 0.6) is 0 Å². The first-order chi connectivity index (χ1) is 20.8. The molecule has 4 aromatic carbocycles. The molecule has 0 spiro atoms. The summed E-state index contributed by atoms with van der Waals surface area (Å²) in [6.07, 6.45) is 15.8. The van der Waals surface area contributed by atoms with Crippen LogP contribution in [0.4, 0.5) is 11.4 Å². The minimum atomic E-state index is 0.0941. The van der Waals surface area contributed by atoms with Crippen LogP contribution >= 0.6 is 0 Å². The lowest BCUT2D eigenvalue weighted by atomic mass is 9.86. The molecule has 2 aliphatic heterocycles. The number of anilines is 2. The molecule has 4 aliphatic rings. The van der Waals surface area contributed by atoms with Crippen molar-refractivity contribution in [3.05, 3.63) is 151 Å². The maximum absolute atomic E-state index is 4.94. The van der Waals surface area contributed by atoms with E-state index in [9.17, 15) is 0 Å². The van der Waals surface area contributed by atoms with Gasteiger partial charge in [0.2, 0.25) is 0 Å². The number of aromatic nitrogens is 1. The SMILES string of the molecule is C1=CC2=NCC(n3c4ccccc4c4cc(C5=CC6c7ccccc7N(c7ccccc7)C6C=C5)ccc43)NC2C=C1. The third-order valence-electron chi connectivity index (χ3n) is 9.26. The molecular formula is C38H30N4. The zero-order chi connectivity index (χ0) is 27.6. The van der Waals surface area contributed by atoms with Crippen molar-refractivity contribution in [1.82, 2.24) is 9.88 Å². The summed E-state index contributed by atoms with van der Waals surface area (Å²) in [6.45, 7) is 0.716. The lowest BCUT2D eigenvalue weighted by Crippen LogP contribution is -2.45. The molecule has 1 aromatic heterocycles. The summed E-state index contributed by atoms with van der Waals surface area (Å²) in [5, 5.41) is 6.41. The van der Waals surface area contributed by atoms with Gasteiger partial charge in [0.25, 0.3) is 0 Å². The Kier molecular flexibility index (Phi) is 5.26. The van der Waals surface area contributed by atoms with Crippen LogP contribution in [-0.4, -0.2) is 28.9 Å². The molecular weight excluding hydrogens is 512 g/mol. The van der Waals surface area contributed by atoms with Gasteiger partial charge in [-0.15, -0.1) is 0 Å². The molecule has 4 nitrogen and oxygen atoms in total. The summed E-state index contributed by atoms with van der Waals surface area (Å²) in [5.74, 6) is 0.300. The van der Waals surface area contributed by atoms with E-state index >= 15 is 0 Å². The molecule has 3 heterocycles. The predicted octanol–water partition coefficient (Wildman–Crippen LogP) is 8.09. The molecule has 4 unspecified atom stereocenters. The van der Waals surface area contributed by atoms with Gasteiger partial charge in [0, 0.05) is 28.1 Å². The second kappa shape index (κ2) is 9.30. The van der Waals surface area contributed by atoms with E-state index < -0.39 is 0 Å². The van der Waals surface area contributed by atoms with Gasteiger partial charge in [-0.2, -0.15) is 0 Å². The fourth-order valence-electron chi connectivity index (χ4n) is 7.38. The number of hydrogen-bond acceptors (Lipinski definition) is 3. The van der Waals surface area contributed by atoms with E-state index in [1.807, 2.05) is 0 Å². The Morgan fingerprint density at radius 2 is 1.57 bits per heavy atom. The van der Waals surface area contributed by atoms with Gasteiger partial charge in [0.05, 0.1) is 35.4 Å². The Morgan fingerprint density at radius 1 is 0.738 bits per heavy atom. The molecule has 202 valence electrons. The third kappa shape index (κ3) is 3.55. The van der Waals surface area contributed by atoms with E-state index in [0.29, 0.717) is 12.5 Å². The Bertz CT molecular complexity index is 2020. The number of fused-ring (bicyclic) bond motifs is 7. The van der Waals surface area contributed by atoms with Crippen molar-refractivity contribution in [1.29, 1.82) is 0 Å². The smallest absolute Gasteiger partial charge is 0.105 e. The quantitative estimate of drug-likeness (QED) is 0.250. The molecule has 0 saturated heterocycles. The molecule has 0 amide bonds. The van der Waals surface area contributed by atoms with Crippen LogP contribution in [0.15, 0.2) is 145 Å². The summed E-state index contributed by atoms with van der Waals surface area (Å²) in [5.41, 5.74) is 10.1. The van der Waals surface area contributed by atoms with Gasteiger partial charge >= 0.3 is 0 Å². The summed E-state index contributed by atoms with van der Waals surface area (Å²) in [4.78, 5) is 7.43. The Balaban J connectivity index is 1.13. The molecule has 2 aliphatic carbocycles. The van der Waals surface area contributed by atoms with Crippen molar-refractivity contribution in [2.75, 3.05) is 11.4 Å².